The summed E-state index contributed by atoms with van der Waals surface area (Å²) in [6, 6.07) is 6.19. The van der Waals surface area contributed by atoms with Crippen LogP contribution in [0.1, 0.15) is 16.3 Å². The number of nitrogens with one attached hydrogen (secondary N) is 1. The molecule has 2 rings (SSSR count). The minimum Gasteiger partial charge on any atom is -0.456 e. The molecule has 0 aliphatic rings. The highest BCUT2D eigenvalue weighted by atomic mass is 19.1. The third kappa shape index (κ3) is 2.76. The fourth-order valence-corrected chi connectivity index (χ4v) is 1.48. The lowest BCUT2D eigenvalue weighted by atomic mass is 10.2. The van der Waals surface area contributed by atoms with E-state index in [1.165, 1.54) is 12.1 Å². The van der Waals surface area contributed by atoms with Crippen molar-refractivity contribution in [3.63, 3.8) is 0 Å². The maximum Gasteiger partial charge on any atom is 0.306 e. The number of carbonyl (C=O) groups excluding carboxylic acids is 1. The quantitative estimate of drug-likeness (QED) is 0.682. The van der Waals surface area contributed by atoms with Gasteiger partial charge in [-0.05, 0) is 31.2 Å². The van der Waals surface area contributed by atoms with Gasteiger partial charge in [-0.2, -0.15) is 4.39 Å². The van der Waals surface area contributed by atoms with E-state index in [-0.39, 0.29) is 11.4 Å². The first kappa shape index (κ1) is 12.7. The Balaban J connectivity index is 2.22. The summed E-state index contributed by atoms with van der Waals surface area (Å²) in [6.07, 6.45) is 0. The van der Waals surface area contributed by atoms with E-state index >= 15 is 0 Å². The summed E-state index contributed by atoms with van der Waals surface area (Å²) >= 11 is 0. The predicted molar refractivity (Wildman–Crippen MR) is 64.5 cm³/mol. The van der Waals surface area contributed by atoms with Crippen LogP contribution in [0.15, 0.2) is 34.7 Å². The Bertz CT molecular complexity index is 651. The molecule has 0 atom stereocenters. The molecule has 0 unspecified atom stereocenters. The molecule has 0 bridgehead atoms. The van der Waals surface area contributed by atoms with E-state index in [1.807, 2.05) is 0 Å². The van der Waals surface area contributed by atoms with E-state index < -0.39 is 22.3 Å². The summed E-state index contributed by atoms with van der Waals surface area (Å²) in [4.78, 5) is 21.4. The SMILES string of the molecule is Cc1ccc(C(=O)Nc2ccc(F)c([N+](=O)[O-])c2)o1. The molecule has 0 aliphatic heterocycles. The Morgan fingerprint density at radius 1 is 1.37 bits per heavy atom. The summed E-state index contributed by atoms with van der Waals surface area (Å²) < 4.78 is 18.2. The zero-order chi connectivity index (χ0) is 14.0. The Morgan fingerprint density at radius 2 is 2.11 bits per heavy atom. The van der Waals surface area contributed by atoms with Gasteiger partial charge in [0.15, 0.2) is 5.76 Å². The maximum absolute atomic E-state index is 13.1. The summed E-state index contributed by atoms with van der Waals surface area (Å²) in [7, 11) is 0. The molecule has 1 amide bonds. The van der Waals surface area contributed by atoms with E-state index in [1.54, 1.807) is 13.0 Å². The summed E-state index contributed by atoms with van der Waals surface area (Å²) in [5, 5.41) is 13.0. The highest BCUT2D eigenvalue weighted by molar-refractivity contribution is 6.02. The topological polar surface area (TPSA) is 85.4 Å². The Morgan fingerprint density at radius 3 is 2.68 bits per heavy atom. The van der Waals surface area contributed by atoms with Crippen LogP contribution in [-0.2, 0) is 0 Å². The molecule has 0 radical (unpaired) electrons. The molecule has 0 fully saturated rings. The molecule has 19 heavy (non-hydrogen) atoms. The molecule has 1 aromatic heterocycles. The van der Waals surface area contributed by atoms with Crippen molar-refractivity contribution in [2.45, 2.75) is 6.92 Å². The second kappa shape index (κ2) is 4.89. The average Bonchev–Trinajstić information content (AvgIpc) is 2.78. The number of anilines is 1. The predicted octanol–water partition coefficient (Wildman–Crippen LogP) is 2.89. The van der Waals surface area contributed by atoms with Crippen molar-refractivity contribution in [1.82, 2.24) is 0 Å². The van der Waals surface area contributed by atoms with Gasteiger partial charge >= 0.3 is 5.69 Å². The van der Waals surface area contributed by atoms with Gasteiger partial charge in [-0.15, -0.1) is 0 Å². The van der Waals surface area contributed by atoms with Gasteiger partial charge in [0.1, 0.15) is 5.76 Å². The fraction of sp³-hybridized carbons (Fsp3) is 0.0833. The third-order valence-electron chi connectivity index (χ3n) is 2.36. The second-order valence-electron chi connectivity index (χ2n) is 3.79. The summed E-state index contributed by atoms with van der Waals surface area (Å²) in [6.45, 7) is 1.68. The van der Waals surface area contributed by atoms with Crippen molar-refractivity contribution in [3.05, 3.63) is 57.8 Å². The number of carbonyl (C=O) groups is 1. The standard InChI is InChI=1S/C12H9FN2O4/c1-7-2-5-11(19-7)12(16)14-8-3-4-9(13)10(6-8)15(17)18/h2-6H,1H3,(H,14,16). The highest BCUT2D eigenvalue weighted by Crippen LogP contribution is 2.22. The van der Waals surface area contributed by atoms with Crippen LogP contribution in [0.25, 0.3) is 0 Å². The van der Waals surface area contributed by atoms with Crippen LogP contribution in [0, 0.1) is 22.9 Å². The summed E-state index contributed by atoms with van der Waals surface area (Å²) in [5.41, 5.74) is -0.583. The van der Waals surface area contributed by atoms with Crippen LogP contribution >= 0.6 is 0 Å². The van der Waals surface area contributed by atoms with Crippen LogP contribution in [0.5, 0.6) is 0 Å². The summed E-state index contributed by atoms with van der Waals surface area (Å²) in [5.74, 6) is -0.884. The number of halogens is 1. The number of benzene rings is 1. The van der Waals surface area contributed by atoms with Crippen LogP contribution < -0.4 is 5.32 Å². The van der Waals surface area contributed by atoms with Crippen LogP contribution in [0.2, 0.25) is 0 Å². The number of hydrogen-bond acceptors (Lipinski definition) is 4. The Kier molecular flexibility index (Phi) is 3.28. The molecule has 0 saturated heterocycles. The number of nitro benzene ring substituents is 1. The van der Waals surface area contributed by atoms with Crippen LogP contribution in [0.4, 0.5) is 15.8 Å². The average molecular weight is 264 g/mol. The third-order valence-corrected chi connectivity index (χ3v) is 2.36. The smallest absolute Gasteiger partial charge is 0.306 e. The van der Waals surface area contributed by atoms with Crippen molar-refractivity contribution >= 4 is 17.3 Å². The highest BCUT2D eigenvalue weighted by Gasteiger charge is 2.16. The van der Waals surface area contributed by atoms with E-state index in [0.717, 1.165) is 12.1 Å². The molecule has 0 saturated carbocycles. The number of nitro groups is 1. The van der Waals surface area contributed by atoms with Gasteiger partial charge in [-0.25, -0.2) is 0 Å². The molecule has 1 heterocycles. The monoisotopic (exact) mass is 264 g/mol. The molecule has 1 N–H and O–H groups in total. The minimum atomic E-state index is -0.961. The van der Waals surface area contributed by atoms with E-state index in [0.29, 0.717) is 5.76 Å². The van der Waals surface area contributed by atoms with Crippen molar-refractivity contribution in [3.8, 4) is 0 Å². The molecule has 0 spiro atoms. The van der Waals surface area contributed by atoms with Crippen molar-refractivity contribution in [1.29, 1.82) is 0 Å². The number of rotatable bonds is 3. The molecule has 7 heteroatoms. The van der Waals surface area contributed by atoms with E-state index in [4.69, 9.17) is 4.42 Å². The largest absolute Gasteiger partial charge is 0.456 e. The van der Waals surface area contributed by atoms with Crippen molar-refractivity contribution < 1.29 is 18.5 Å². The molecule has 98 valence electrons. The fourth-order valence-electron chi connectivity index (χ4n) is 1.48. The zero-order valence-corrected chi connectivity index (χ0v) is 9.84. The number of amides is 1. The number of aryl methyl sites for hydroxylation is 1. The molecular weight excluding hydrogens is 255 g/mol. The first-order valence-electron chi connectivity index (χ1n) is 5.29. The van der Waals surface area contributed by atoms with Gasteiger partial charge in [0.2, 0.25) is 5.82 Å². The number of nitrogens with zero attached hydrogens (tertiary/aromatic N) is 1. The van der Waals surface area contributed by atoms with Crippen LogP contribution in [-0.4, -0.2) is 10.8 Å². The number of hydrogen-bond donors (Lipinski definition) is 1. The Labute approximate surface area is 107 Å². The van der Waals surface area contributed by atoms with Gasteiger partial charge in [0.25, 0.3) is 5.91 Å². The Hall–Kier alpha value is -2.70. The first-order valence-corrected chi connectivity index (χ1v) is 5.29. The number of furan rings is 1. The van der Waals surface area contributed by atoms with Crippen molar-refractivity contribution in [2.24, 2.45) is 0 Å². The first-order chi connectivity index (χ1) is 8.97. The molecule has 1 aromatic carbocycles. The minimum absolute atomic E-state index is 0.0736. The van der Waals surface area contributed by atoms with Gasteiger partial charge in [0, 0.05) is 11.8 Å². The van der Waals surface area contributed by atoms with Gasteiger partial charge in [-0.3, -0.25) is 14.9 Å². The van der Waals surface area contributed by atoms with Crippen molar-refractivity contribution in [2.75, 3.05) is 5.32 Å². The molecular formula is C12H9FN2O4. The van der Waals surface area contributed by atoms with Crippen LogP contribution in [0.3, 0.4) is 0 Å². The van der Waals surface area contributed by atoms with Gasteiger partial charge in [-0.1, -0.05) is 0 Å². The lowest BCUT2D eigenvalue weighted by Crippen LogP contribution is -2.11. The van der Waals surface area contributed by atoms with Gasteiger partial charge < -0.3 is 9.73 Å². The lowest BCUT2D eigenvalue weighted by molar-refractivity contribution is -0.387. The second-order valence-corrected chi connectivity index (χ2v) is 3.79. The zero-order valence-electron chi connectivity index (χ0n) is 9.84. The van der Waals surface area contributed by atoms with E-state index in [2.05, 4.69) is 5.32 Å². The van der Waals surface area contributed by atoms with Gasteiger partial charge in [0.05, 0.1) is 4.92 Å². The molecule has 0 aliphatic carbocycles. The molecule has 2 aromatic rings. The lowest BCUT2D eigenvalue weighted by Gasteiger charge is -2.03. The van der Waals surface area contributed by atoms with E-state index in [9.17, 15) is 19.3 Å². The maximum atomic E-state index is 13.1. The normalized spacial score (nSPS) is 10.2. The molecule has 6 nitrogen and oxygen atoms in total.